The summed E-state index contributed by atoms with van der Waals surface area (Å²) in [4.78, 5) is 20.9. The topological polar surface area (TPSA) is 45.2 Å². The minimum atomic E-state index is -0.655. The third-order valence-corrected chi connectivity index (χ3v) is 9.28. The van der Waals surface area contributed by atoms with Crippen LogP contribution in [0.15, 0.2) is 48.5 Å². The normalized spacial score (nSPS) is 16.5. The van der Waals surface area contributed by atoms with E-state index in [1.807, 2.05) is 43.4 Å². The second kappa shape index (κ2) is 13.8. The number of hydrogen-bond donors (Lipinski definition) is 0. The molecule has 1 fully saturated rings. The highest BCUT2D eigenvalue weighted by Gasteiger charge is 2.50. The molecule has 1 heterocycles. The molecule has 1 amide bonds. The molecule has 0 spiro atoms. The molecule has 5 rings (SSSR count). The number of methoxy groups -OCH3 is 2. The molecule has 3 aromatic carbocycles. The number of fused-ring (bicyclic) bond motifs is 1. The summed E-state index contributed by atoms with van der Waals surface area (Å²) >= 11 is 25.5. The van der Waals surface area contributed by atoms with Gasteiger partial charge in [-0.05, 0) is 46.5 Å². The number of rotatable bonds is 8. The van der Waals surface area contributed by atoms with E-state index in [1.165, 1.54) is 18.2 Å². The number of ether oxygens (including phenoxy) is 2. The summed E-state index contributed by atoms with van der Waals surface area (Å²) in [6.45, 7) is 4.29. The van der Waals surface area contributed by atoms with E-state index in [-0.39, 0.29) is 18.3 Å². The van der Waals surface area contributed by atoms with Crippen molar-refractivity contribution in [3.8, 4) is 11.5 Å². The summed E-state index contributed by atoms with van der Waals surface area (Å²) in [6.07, 6.45) is 1.36. The molecule has 0 saturated carbocycles. The van der Waals surface area contributed by atoms with Crippen molar-refractivity contribution in [1.29, 1.82) is 0 Å². The van der Waals surface area contributed by atoms with Crippen LogP contribution in [0.4, 0.5) is 0 Å². The maximum Gasteiger partial charge on any atom is 0.243 e. The molecule has 226 valence electrons. The first kappa shape index (κ1) is 33.0. The average Bonchev–Trinajstić information content (AvgIpc) is 3.33. The molecule has 0 N–H and O–H groups in total. The molecule has 0 bridgehead atoms. The number of carbonyl (C=O) groups excluding carboxylic acids is 1. The zero-order valence-corrected chi connectivity index (χ0v) is 27.6. The number of amides is 1. The van der Waals surface area contributed by atoms with Crippen LogP contribution in [0.1, 0.15) is 22.3 Å². The number of benzene rings is 3. The van der Waals surface area contributed by atoms with Crippen molar-refractivity contribution in [3.05, 3.63) is 90.9 Å². The maximum absolute atomic E-state index is 14.4. The van der Waals surface area contributed by atoms with Gasteiger partial charge in [0.1, 0.15) is 5.54 Å². The smallest absolute Gasteiger partial charge is 0.243 e. The first-order valence-corrected chi connectivity index (χ1v) is 15.0. The van der Waals surface area contributed by atoms with Gasteiger partial charge in [0.25, 0.3) is 0 Å². The minimum absolute atomic E-state index is 0. The lowest BCUT2D eigenvalue weighted by atomic mass is 9.90. The van der Waals surface area contributed by atoms with Crippen molar-refractivity contribution < 1.29 is 14.3 Å². The zero-order valence-electron chi connectivity index (χ0n) is 23.8. The quantitative estimate of drug-likeness (QED) is 0.257. The molecule has 0 radical (unpaired) electrons. The Morgan fingerprint density at radius 1 is 0.810 bits per heavy atom. The summed E-state index contributed by atoms with van der Waals surface area (Å²) in [6, 6.07) is 15.8. The predicted molar refractivity (Wildman–Crippen MR) is 173 cm³/mol. The molecule has 1 saturated heterocycles. The van der Waals surface area contributed by atoms with Crippen LogP contribution in [0.5, 0.6) is 11.5 Å². The third kappa shape index (κ3) is 6.61. The van der Waals surface area contributed by atoms with Gasteiger partial charge in [-0.25, -0.2) is 0 Å². The van der Waals surface area contributed by atoms with E-state index < -0.39 is 5.54 Å². The third-order valence-electron chi connectivity index (χ3n) is 8.16. The van der Waals surface area contributed by atoms with Crippen LogP contribution in [0.25, 0.3) is 0 Å². The second-order valence-electron chi connectivity index (χ2n) is 10.8. The fraction of sp³-hybridized carbons (Fsp3) is 0.387. The van der Waals surface area contributed by atoms with Gasteiger partial charge in [-0.1, -0.05) is 70.7 Å². The first-order chi connectivity index (χ1) is 19.6. The van der Waals surface area contributed by atoms with Crippen LogP contribution < -0.4 is 9.47 Å². The molecule has 1 aliphatic heterocycles. The Morgan fingerprint density at radius 3 is 1.71 bits per heavy atom. The predicted octanol–water partition coefficient (Wildman–Crippen LogP) is 7.05. The van der Waals surface area contributed by atoms with Crippen molar-refractivity contribution in [1.82, 2.24) is 14.7 Å². The minimum Gasteiger partial charge on any atom is -0.494 e. The number of likely N-dealkylation sites (N-methyl/N-ethyl adjacent to an activating group) is 1. The van der Waals surface area contributed by atoms with Crippen molar-refractivity contribution in [2.45, 2.75) is 31.5 Å². The van der Waals surface area contributed by atoms with Crippen molar-refractivity contribution in [2.24, 2.45) is 0 Å². The summed E-state index contributed by atoms with van der Waals surface area (Å²) in [7, 11) is 4.95. The van der Waals surface area contributed by atoms with Crippen LogP contribution in [0.2, 0.25) is 20.1 Å². The molecule has 0 atom stereocenters. The molecule has 0 unspecified atom stereocenters. The molecule has 1 aliphatic carbocycles. The van der Waals surface area contributed by atoms with Gasteiger partial charge in [0.15, 0.2) is 11.5 Å². The van der Waals surface area contributed by atoms with Crippen LogP contribution in [0.3, 0.4) is 0 Å². The fourth-order valence-electron chi connectivity index (χ4n) is 6.20. The van der Waals surface area contributed by atoms with E-state index in [2.05, 4.69) is 21.9 Å². The van der Waals surface area contributed by atoms with Crippen LogP contribution in [-0.2, 0) is 30.7 Å². The highest BCUT2D eigenvalue weighted by atomic mass is 35.5. The molecule has 2 aliphatic rings. The van der Waals surface area contributed by atoms with Crippen molar-refractivity contribution in [2.75, 3.05) is 47.4 Å². The molecule has 42 heavy (non-hydrogen) atoms. The standard InChI is InChI=1S/C31H33Cl4N3O3.ClH/c1-36(18-20-12-24(32)28(40-2)25(33)13-20)30(39)31(16-22-6-4-5-7-23(22)17-31)38-10-8-37(9-11-38)19-21-14-26(34)29(41-3)27(35)15-21;/h4-7,12-15H,8-11,16-19H2,1-3H3;1H. The number of hydrogen-bond acceptors (Lipinski definition) is 5. The lowest BCUT2D eigenvalue weighted by molar-refractivity contribution is -0.145. The summed E-state index contributed by atoms with van der Waals surface area (Å²) in [5.74, 6) is 1.02. The molecular weight excluding hydrogens is 640 g/mol. The Kier molecular flexibility index (Phi) is 10.9. The lowest BCUT2D eigenvalue weighted by Crippen LogP contribution is -2.64. The maximum atomic E-state index is 14.4. The van der Waals surface area contributed by atoms with Crippen molar-refractivity contribution in [3.63, 3.8) is 0 Å². The zero-order chi connectivity index (χ0) is 29.3. The van der Waals surface area contributed by atoms with Crippen molar-refractivity contribution >= 4 is 64.7 Å². The van der Waals surface area contributed by atoms with Gasteiger partial charge >= 0.3 is 0 Å². The molecule has 11 heteroatoms. The van der Waals surface area contributed by atoms with Gasteiger partial charge in [0.05, 0.1) is 34.3 Å². The van der Waals surface area contributed by atoms with Crippen LogP contribution >= 0.6 is 58.8 Å². The Balaban J connectivity index is 0.00000405. The van der Waals surface area contributed by atoms with Gasteiger partial charge in [-0.15, -0.1) is 12.4 Å². The van der Waals surface area contributed by atoms with E-state index in [0.717, 1.165) is 43.9 Å². The van der Waals surface area contributed by atoms with Gasteiger partial charge in [-0.2, -0.15) is 0 Å². The largest absolute Gasteiger partial charge is 0.494 e. The van der Waals surface area contributed by atoms with E-state index in [4.69, 9.17) is 55.9 Å². The first-order valence-electron chi connectivity index (χ1n) is 13.5. The molecule has 0 aromatic heterocycles. The van der Waals surface area contributed by atoms with E-state index in [9.17, 15) is 4.79 Å². The van der Waals surface area contributed by atoms with Gasteiger partial charge in [0.2, 0.25) is 5.91 Å². The Hall–Kier alpha value is -1.90. The van der Waals surface area contributed by atoms with E-state index in [1.54, 1.807) is 12.0 Å². The number of halogens is 5. The summed E-state index contributed by atoms with van der Waals surface area (Å²) < 4.78 is 10.6. The summed E-state index contributed by atoms with van der Waals surface area (Å²) in [5, 5.41) is 1.86. The second-order valence-corrected chi connectivity index (χ2v) is 12.4. The summed E-state index contributed by atoms with van der Waals surface area (Å²) in [5.41, 5.74) is 3.69. The SMILES string of the molecule is COc1c(Cl)cc(CN2CCN(C3(C(=O)N(C)Cc4cc(Cl)c(OC)c(Cl)c4)Cc4ccccc4C3)CC2)cc1Cl.Cl. The molecule has 3 aromatic rings. The molecular formula is C31H34Cl5N3O3. The fourth-order valence-corrected chi connectivity index (χ4v) is 7.57. The van der Waals surface area contributed by atoms with E-state index >= 15 is 0 Å². The highest BCUT2D eigenvalue weighted by Crippen LogP contribution is 2.39. The van der Waals surface area contributed by atoms with Crippen LogP contribution in [-0.4, -0.2) is 73.6 Å². The average molecular weight is 674 g/mol. The number of carbonyl (C=O) groups is 1. The van der Waals surface area contributed by atoms with E-state index in [0.29, 0.717) is 51.0 Å². The monoisotopic (exact) mass is 671 g/mol. The van der Waals surface area contributed by atoms with Crippen LogP contribution in [0, 0.1) is 0 Å². The van der Waals surface area contributed by atoms with Gasteiger partial charge in [0, 0.05) is 59.2 Å². The van der Waals surface area contributed by atoms with Gasteiger partial charge < -0.3 is 14.4 Å². The number of piperazine rings is 1. The molecule has 6 nitrogen and oxygen atoms in total. The Labute approximate surface area is 273 Å². The highest BCUT2D eigenvalue weighted by molar-refractivity contribution is 6.37. The number of nitrogens with zero attached hydrogens (tertiary/aromatic N) is 3. The lowest BCUT2D eigenvalue weighted by Gasteiger charge is -2.46. The van der Waals surface area contributed by atoms with Gasteiger partial charge in [-0.3, -0.25) is 14.6 Å². The Morgan fingerprint density at radius 2 is 1.26 bits per heavy atom. The Bertz CT molecular complexity index is 1370.